The molecular formula is C23H28N6O4S. The van der Waals surface area contributed by atoms with Crippen molar-refractivity contribution >= 4 is 21.6 Å². The summed E-state index contributed by atoms with van der Waals surface area (Å²) in [4.78, 5) is 14.0. The van der Waals surface area contributed by atoms with E-state index in [0.717, 1.165) is 36.8 Å². The van der Waals surface area contributed by atoms with Crippen LogP contribution in [0.4, 0.5) is 5.69 Å². The SMILES string of the molecule is COc1ccc(S(=O)(=O)N2CCCCCC2)cc1NC(=O)Cn1nnc(-c2ccccc2C)n1. The van der Waals surface area contributed by atoms with Gasteiger partial charge >= 0.3 is 0 Å². The van der Waals surface area contributed by atoms with Crippen LogP contribution in [0.5, 0.6) is 5.75 Å². The monoisotopic (exact) mass is 484 g/mol. The number of rotatable bonds is 7. The van der Waals surface area contributed by atoms with Crippen molar-refractivity contribution in [3.8, 4) is 17.1 Å². The number of nitrogens with one attached hydrogen (secondary N) is 1. The molecule has 11 heteroatoms. The van der Waals surface area contributed by atoms with Crippen LogP contribution in [0, 0.1) is 6.92 Å². The highest BCUT2D eigenvalue weighted by atomic mass is 32.2. The van der Waals surface area contributed by atoms with E-state index in [4.69, 9.17) is 4.74 Å². The summed E-state index contributed by atoms with van der Waals surface area (Å²) in [6.45, 7) is 2.75. The normalized spacial score (nSPS) is 15.0. The van der Waals surface area contributed by atoms with Crippen LogP contribution in [0.3, 0.4) is 0 Å². The lowest BCUT2D eigenvalue weighted by atomic mass is 10.1. The first-order valence-corrected chi connectivity index (χ1v) is 12.6. The first-order valence-electron chi connectivity index (χ1n) is 11.2. The van der Waals surface area contributed by atoms with Gasteiger partial charge < -0.3 is 10.1 Å². The molecule has 0 atom stereocenters. The predicted octanol–water partition coefficient (Wildman–Crippen LogP) is 2.86. The molecule has 0 spiro atoms. The molecule has 0 bridgehead atoms. The molecule has 1 amide bonds. The van der Waals surface area contributed by atoms with E-state index >= 15 is 0 Å². The lowest BCUT2D eigenvalue weighted by Crippen LogP contribution is -2.32. The molecule has 4 rings (SSSR count). The molecule has 0 saturated carbocycles. The second-order valence-corrected chi connectivity index (χ2v) is 10.1. The van der Waals surface area contributed by atoms with Crippen molar-refractivity contribution in [1.29, 1.82) is 0 Å². The Hall–Kier alpha value is -3.31. The number of nitrogens with zero attached hydrogens (tertiary/aromatic N) is 5. The topological polar surface area (TPSA) is 119 Å². The van der Waals surface area contributed by atoms with Crippen LogP contribution in [0.1, 0.15) is 31.2 Å². The fourth-order valence-electron chi connectivity index (χ4n) is 3.94. The Morgan fingerprint density at radius 1 is 1.09 bits per heavy atom. The number of aromatic nitrogens is 4. The zero-order valence-electron chi connectivity index (χ0n) is 19.3. The number of carbonyl (C=O) groups excluding carboxylic acids is 1. The largest absolute Gasteiger partial charge is 0.495 e. The van der Waals surface area contributed by atoms with Gasteiger partial charge in [0.25, 0.3) is 0 Å². The summed E-state index contributed by atoms with van der Waals surface area (Å²) in [5.74, 6) is 0.348. The molecule has 1 fully saturated rings. The van der Waals surface area contributed by atoms with Crippen molar-refractivity contribution < 1.29 is 17.9 Å². The van der Waals surface area contributed by atoms with Gasteiger partial charge in [-0.1, -0.05) is 37.1 Å². The van der Waals surface area contributed by atoms with Crippen LogP contribution in [0.2, 0.25) is 0 Å². The Morgan fingerprint density at radius 3 is 2.53 bits per heavy atom. The van der Waals surface area contributed by atoms with E-state index < -0.39 is 15.9 Å². The molecule has 0 unspecified atom stereocenters. The highest BCUT2D eigenvalue weighted by Gasteiger charge is 2.26. The van der Waals surface area contributed by atoms with Gasteiger partial charge in [0.05, 0.1) is 17.7 Å². The van der Waals surface area contributed by atoms with Crippen LogP contribution < -0.4 is 10.1 Å². The van der Waals surface area contributed by atoms with Gasteiger partial charge in [0, 0.05) is 18.7 Å². The van der Waals surface area contributed by atoms with Gasteiger partial charge in [-0.2, -0.15) is 9.10 Å². The first-order chi connectivity index (χ1) is 16.4. The van der Waals surface area contributed by atoms with Gasteiger partial charge in [-0.15, -0.1) is 10.2 Å². The number of carbonyl (C=O) groups is 1. The first kappa shape index (κ1) is 23.8. The molecule has 0 radical (unpaired) electrons. The highest BCUT2D eigenvalue weighted by Crippen LogP contribution is 2.30. The van der Waals surface area contributed by atoms with Gasteiger partial charge in [0.1, 0.15) is 12.3 Å². The van der Waals surface area contributed by atoms with Crippen molar-refractivity contribution in [1.82, 2.24) is 24.5 Å². The lowest BCUT2D eigenvalue weighted by molar-refractivity contribution is -0.117. The van der Waals surface area contributed by atoms with Crippen molar-refractivity contribution in [2.45, 2.75) is 44.0 Å². The minimum Gasteiger partial charge on any atom is -0.495 e. The van der Waals surface area contributed by atoms with Crippen LogP contribution in [0.15, 0.2) is 47.4 Å². The van der Waals surface area contributed by atoms with E-state index in [1.807, 2.05) is 31.2 Å². The molecular weight excluding hydrogens is 456 g/mol. The van der Waals surface area contributed by atoms with Crippen molar-refractivity contribution in [3.05, 3.63) is 48.0 Å². The van der Waals surface area contributed by atoms with Gasteiger partial charge in [0.2, 0.25) is 21.8 Å². The second-order valence-electron chi connectivity index (χ2n) is 8.19. The van der Waals surface area contributed by atoms with Gasteiger partial charge in [-0.3, -0.25) is 4.79 Å². The van der Waals surface area contributed by atoms with E-state index in [1.54, 1.807) is 6.07 Å². The quantitative estimate of drug-likeness (QED) is 0.548. The molecule has 1 aliphatic heterocycles. The highest BCUT2D eigenvalue weighted by molar-refractivity contribution is 7.89. The maximum atomic E-state index is 13.2. The molecule has 10 nitrogen and oxygen atoms in total. The fourth-order valence-corrected chi connectivity index (χ4v) is 5.48. The number of sulfonamides is 1. The number of ether oxygens (including phenoxy) is 1. The zero-order chi connectivity index (χ0) is 24.1. The zero-order valence-corrected chi connectivity index (χ0v) is 20.1. The van der Waals surface area contributed by atoms with E-state index in [1.165, 1.54) is 28.3 Å². The second kappa shape index (κ2) is 10.3. The van der Waals surface area contributed by atoms with Gasteiger partial charge in [-0.05, 0) is 48.7 Å². The molecule has 1 N–H and O–H groups in total. The van der Waals surface area contributed by atoms with Crippen LogP contribution >= 0.6 is 0 Å². The maximum absolute atomic E-state index is 13.2. The molecule has 3 aromatic rings. The van der Waals surface area contributed by atoms with E-state index in [0.29, 0.717) is 24.7 Å². The predicted molar refractivity (Wildman–Crippen MR) is 127 cm³/mol. The Balaban J connectivity index is 1.51. The molecule has 2 aromatic carbocycles. The number of tetrazole rings is 1. The van der Waals surface area contributed by atoms with Crippen LogP contribution in [0.25, 0.3) is 11.4 Å². The summed E-state index contributed by atoms with van der Waals surface area (Å²) in [5, 5.41) is 15.0. The number of anilines is 1. The van der Waals surface area contributed by atoms with E-state index in [2.05, 4.69) is 20.7 Å². The Labute approximate surface area is 199 Å². The van der Waals surface area contributed by atoms with Crippen molar-refractivity contribution in [2.75, 3.05) is 25.5 Å². The summed E-state index contributed by atoms with van der Waals surface area (Å²) in [5.41, 5.74) is 2.10. The van der Waals surface area contributed by atoms with E-state index in [9.17, 15) is 13.2 Å². The Bertz CT molecular complexity index is 1270. The van der Waals surface area contributed by atoms with Crippen molar-refractivity contribution in [3.63, 3.8) is 0 Å². The number of methoxy groups -OCH3 is 1. The number of hydrogen-bond donors (Lipinski definition) is 1. The third kappa shape index (κ3) is 5.26. The standard InChI is InChI=1S/C23H28N6O4S/c1-17-9-5-6-10-19(17)23-25-27-29(26-23)16-22(30)24-20-15-18(11-12-21(20)33-2)34(31,32)28-13-7-3-4-8-14-28/h5-6,9-12,15H,3-4,7-8,13-14,16H2,1-2H3,(H,24,30). The number of benzene rings is 2. The molecule has 1 aromatic heterocycles. The summed E-state index contributed by atoms with van der Waals surface area (Å²) >= 11 is 0. The lowest BCUT2D eigenvalue weighted by Gasteiger charge is -2.21. The van der Waals surface area contributed by atoms with Crippen LogP contribution in [-0.2, 0) is 21.4 Å². The average Bonchev–Trinajstić information content (AvgIpc) is 3.09. The smallest absolute Gasteiger partial charge is 0.248 e. The Morgan fingerprint density at radius 2 is 1.82 bits per heavy atom. The fraction of sp³-hybridized carbons (Fsp3) is 0.391. The molecule has 0 aliphatic carbocycles. The third-order valence-corrected chi connectivity index (χ3v) is 7.67. The number of hydrogen-bond acceptors (Lipinski definition) is 7. The van der Waals surface area contributed by atoms with Crippen LogP contribution in [-0.4, -0.2) is 59.0 Å². The summed E-state index contributed by atoms with van der Waals surface area (Å²) in [6, 6.07) is 12.1. The minimum absolute atomic E-state index is 0.117. The minimum atomic E-state index is -3.67. The third-order valence-electron chi connectivity index (χ3n) is 5.77. The molecule has 180 valence electrons. The van der Waals surface area contributed by atoms with Gasteiger partial charge in [0.15, 0.2) is 0 Å². The molecule has 34 heavy (non-hydrogen) atoms. The summed E-state index contributed by atoms with van der Waals surface area (Å²) < 4.78 is 33.2. The number of amides is 1. The van der Waals surface area contributed by atoms with E-state index in [-0.39, 0.29) is 17.1 Å². The molecule has 1 aliphatic rings. The maximum Gasteiger partial charge on any atom is 0.248 e. The number of aryl methyl sites for hydroxylation is 1. The summed E-state index contributed by atoms with van der Waals surface area (Å²) in [7, 11) is -2.21. The summed E-state index contributed by atoms with van der Waals surface area (Å²) in [6.07, 6.45) is 3.73. The molecule has 1 saturated heterocycles. The van der Waals surface area contributed by atoms with Crippen molar-refractivity contribution in [2.24, 2.45) is 0 Å². The average molecular weight is 485 g/mol. The van der Waals surface area contributed by atoms with Gasteiger partial charge in [-0.25, -0.2) is 8.42 Å². The Kier molecular flexibility index (Phi) is 7.23. The molecule has 2 heterocycles.